The molecule has 0 bridgehead atoms. The van der Waals surface area contributed by atoms with E-state index in [1.54, 1.807) is 0 Å². The normalized spacial score (nSPS) is 11.7. The highest BCUT2D eigenvalue weighted by atomic mass is 32.1. The first-order chi connectivity index (χ1) is 24.3. The molecule has 0 amide bonds. The number of hydrogen-bond acceptors (Lipinski definition) is 2. The summed E-state index contributed by atoms with van der Waals surface area (Å²) in [6.07, 6.45) is 0. The molecule has 0 N–H and O–H groups in total. The second kappa shape index (κ2) is 11.2. The lowest BCUT2D eigenvalue weighted by Crippen LogP contribution is -2.11. The van der Waals surface area contributed by atoms with Crippen LogP contribution >= 0.6 is 11.3 Å². The molecule has 49 heavy (non-hydrogen) atoms. The predicted octanol–water partition coefficient (Wildman–Crippen LogP) is 13.4. The summed E-state index contributed by atoms with van der Waals surface area (Å²) < 4.78 is 4.98. The smallest absolute Gasteiger partial charge is 0.0640 e. The van der Waals surface area contributed by atoms with Gasteiger partial charge in [-0.2, -0.15) is 0 Å². The maximum absolute atomic E-state index is 2.48. The highest BCUT2D eigenvalue weighted by molar-refractivity contribution is 7.26. The molecule has 0 fully saturated rings. The molecule has 10 aromatic rings. The minimum atomic E-state index is 1.12. The summed E-state index contributed by atoms with van der Waals surface area (Å²) >= 11 is 1.87. The van der Waals surface area contributed by atoms with E-state index in [1.165, 1.54) is 69.6 Å². The Bertz CT molecular complexity index is 2840. The van der Waals surface area contributed by atoms with Gasteiger partial charge in [-0.1, -0.05) is 127 Å². The standard InChI is InChI=1S/C46H30N2S/c1-2-15-34(16-3-1)47-42-22-10-7-18-37(42)38-28-27-35(30-44(38)47)48(43-23-12-20-40-39-19-8-11-24-45(39)49-46(40)43)41-21-9-6-17-36(41)33-26-25-31-13-4-5-14-32(31)29-33/h1-30H. The van der Waals surface area contributed by atoms with E-state index in [2.05, 4.69) is 191 Å². The van der Waals surface area contributed by atoms with Gasteiger partial charge >= 0.3 is 0 Å². The average Bonchev–Trinajstić information content (AvgIpc) is 3.71. The molecule has 0 radical (unpaired) electrons. The van der Waals surface area contributed by atoms with E-state index in [9.17, 15) is 0 Å². The number of aromatic nitrogens is 1. The maximum Gasteiger partial charge on any atom is 0.0640 e. The van der Waals surface area contributed by atoms with Crippen LogP contribution in [0.1, 0.15) is 0 Å². The summed E-state index contributed by atoms with van der Waals surface area (Å²) in [6, 6.07) is 66.2. The van der Waals surface area contributed by atoms with E-state index < -0.39 is 0 Å². The highest BCUT2D eigenvalue weighted by Gasteiger charge is 2.22. The molecule has 3 heteroatoms. The number of thiophene rings is 1. The van der Waals surface area contributed by atoms with Gasteiger partial charge in [0.1, 0.15) is 0 Å². The Morgan fingerprint density at radius 2 is 1.12 bits per heavy atom. The molecule has 8 aromatic carbocycles. The highest BCUT2D eigenvalue weighted by Crippen LogP contribution is 2.48. The third-order valence-corrected chi connectivity index (χ3v) is 11.0. The Morgan fingerprint density at radius 1 is 0.429 bits per heavy atom. The molecular weight excluding hydrogens is 613 g/mol. The minimum absolute atomic E-state index is 1.12. The molecule has 0 atom stereocenters. The first-order valence-electron chi connectivity index (χ1n) is 16.7. The van der Waals surface area contributed by atoms with Crippen molar-refractivity contribution in [2.24, 2.45) is 0 Å². The fraction of sp³-hybridized carbons (Fsp3) is 0. The summed E-state index contributed by atoms with van der Waals surface area (Å²) in [5.74, 6) is 0. The van der Waals surface area contributed by atoms with Crippen LogP contribution in [0.3, 0.4) is 0 Å². The van der Waals surface area contributed by atoms with Crippen molar-refractivity contribution < 1.29 is 0 Å². The average molecular weight is 643 g/mol. The van der Waals surface area contributed by atoms with Gasteiger partial charge < -0.3 is 9.47 Å². The lowest BCUT2D eigenvalue weighted by molar-refractivity contribution is 1.18. The molecule has 0 spiro atoms. The molecule has 0 unspecified atom stereocenters. The van der Waals surface area contributed by atoms with Crippen molar-refractivity contribution in [2.45, 2.75) is 0 Å². The van der Waals surface area contributed by atoms with Crippen LogP contribution in [0.25, 0.3) is 69.6 Å². The molecule has 2 heterocycles. The van der Waals surface area contributed by atoms with Crippen LogP contribution in [0.15, 0.2) is 182 Å². The van der Waals surface area contributed by atoms with Gasteiger partial charge in [0.15, 0.2) is 0 Å². The summed E-state index contributed by atoms with van der Waals surface area (Å²) in [4.78, 5) is 2.48. The van der Waals surface area contributed by atoms with Crippen LogP contribution in [0.4, 0.5) is 17.1 Å². The predicted molar refractivity (Wildman–Crippen MR) is 211 cm³/mol. The number of fused-ring (bicyclic) bond motifs is 7. The van der Waals surface area contributed by atoms with E-state index in [1.807, 2.05) is 11.3 Å². The Balaban J connectivity index is 1.28. The molecule has 2 aromatic heterocycles. The van der Waals surface area contributed by atoms with Gasteiger partial charge in [0.25, 0.3) is 0 Å². The van der Waals surface area contributed by atoms with Gasteiger partial charge in [-0.15, -0.1) is 11.3 Å². The molecule has 230 valence electrons. The molecule has 0 aliphatic heterocycles. The third-order valence-electron chi connectivity index (χ3n) is 9.76. The van der Waals surface area contributed by atoms with Crippen LogP contribution in [0, 0.1) is 0 Å². The van der Waals surface area contributed by atoms with Crippen molar-refractivity contribution in [3.8, 4) is 16.8 Å². The van der Waals surface area contributed by atoms with E-state index in [0.717, 1.165) is 17.1 Å². The van der Waals surface area contributed by atoms with Crippen LogP contribution < -0.4 is 4.90 Å². The van der Waals surface area contributed by atoms with Crippen molar-refractivity contribution >= 4 is 81.1 Å². The molecular formula is C46H30N2S. The van der Waals surface area contributed by atoms with Gasteiger partial charge in [-0.05, 0) is 70.9 Å². The lowest BCUT2D eigenvalue weighted by Gasteiger charge is -2.28. The van der Waals surface area contributed by atoms with Crippen LogP contribution in [0.2, 0.25) is 0 Å². The van der Waals surface area contributed by atoms with Crippen molar-refractivity contribution in [2.75, 3.05) is 4.90 Å². The number of anilines is 3. The topological polar surface area (TPSA) is 8.17 Å². The summed E-state index contributed by atoms with van der Waals surface area (Å²) in [5.41, 5.74) is 9.36. The second-order valence-electron chi connectivity index (χ2n) is 12.6. The Hall–Kier alpha value is -6.16. The molecule has 0 aliphatic rings. The van der Waals surface area contributed by atoms with Crippen LogP contribution in [-0.4, -0.2) is 4.57 Å². The monoisotopic (exact) mass is 642 g/mol. The molecule has 0 saturated carbocycles. The maximum atomic E-state index is 2.48. The number of para-hydroxylation sites is 3. The van der Waals surface area contributed by atoms with Crippen LogP contribution in [0.5, 0.6) is 0 Å². The van der Waals surface area contributed by atoms with Gasteiger partial charge in [0.2, 0.25) is 0 Å². The van der Waals surface area contributed by atoms with E-state index >= 15 is 0 Å². The Morgan fingerprint density at radius 3 is 2.04 bits per heavy atom. The SMILES string of the molecule is c1ccc(-n2c3ccccc3c3ccc(N(c4ccccc4-c4ccc5ccccc5c4)c4cccc5c4sc4ccccc45)cc32)cc1. The largest absolute Gasteiger partial charge is 0.309 e. The number of benzene rings is 8. The molecule has 10 rings (SSSR count). The Labute approximate surface area is 288 Å². The third kappa shape index (κ3) is 4.47. The zero-order chi connectivity index (χ0) is 32.3. The van der Waals surface area contributed by atoms with Gasteiger partial charge in [0.05, 0.1) is 27.1 Å². The van der Waals surface area contributed by atoms with Crippen molar-refractivity contribution in [1.29, 1.82) is 0 Å². The van der Waals surface area contributed by atoms with Gasteiger partial charge in [-0.25, -0.2) is 0 Å². The van der Waals surface area contributed by atoms with Gasteiger partial charge in [0, 0.05) is 43.2 Å². The number of rotatable bonds is 5. The fourth-order valence-electron chi connectivity index (χ4n) is 7.54. The summed E-state index contributed by atoms with van der Waals surface area (Å²) in [6.45, 7) is 0. The zero-order valence-corrected chi connectivity index (χ0v) is 27.4. The summed E-state index contributed by atoms with van der Waals surface area (Å²) in [5, 5.41) is 7.56. The van der Waals surface area contributed by atoms with E-state index in [4.69, 9.17) is 0 Å². The van der Waals surface area contributed by atoms with Gasteiger partial charge in [-0.3, -0.25) is 0 Å². The number of hydrogen-bond donors (Lipinski definition) is 0. The summed E-state index contributed by atoms with van der Waals surface area (Å²) in [7, 11) is 0. The van der Waals surface area contributed by atoms with E-state index in [0.29, 0.717) is 0 Å². The molecule has 0 saturated heterocycles. The first-order valence-corrected chi connectivity index (χ1v) is 17.5. The molecule has 2 nitrogen and oxygen atoms in total. The van der Waals surface area contributed by atoms with Crippen molar-refractivity contribution in [3.63, 3.8) is 0 Å². The van der Waals surface area contributed by atoms with E-state index in [-0.39, 0.29) is 0 Å². The quantitative estimate of drug-likeness (QED) is 0.181. The van der Waals surface area contributed by atoms with Crippen molar-refractivity contribution in [1.82, 2.24) is 4.57 Å². The lowest BCUT2D eigenvalue weighted by atomic mass is 9.98. The molecule has 0 aliphatic carbocycles. The minimum Gasteiger partial charge on any atom is -0.309 e. The van der Waals surface area contributed by atoms with Crippen molar-refractivity contribution in [3.05, 3.63) is 182 Å². The van der Waals surface area contributed by atoms with Crippen LogP contribution in [-0.2, 0) is 0 Å². The first kappa shape index (κ1) is 27.9. The Kier molecular flexibility index (Phi) is 6.39. The zero-order valence-electron chi connectivity index (χ0n) is 26.6. The second-order valence-corrected chi connectivity index (χ2v) is 13.6. The fourth-order valence-corrected chi connectivity index (χ4v) is 8.75. The number of nitrogens with zero attached hydrogens (tertiary/aromatic N) is 2.